The van der Waals surface area contributed by atoms with E-state index in [4.69, 9.17) is 4.74 Å². The fourth-order valence-electron chi connectivity index (χ4n) is 1.79. The second-order valence-corrected chi connectivity index (χ2v) is 3.64. The molecule has 2 aliphatic rings. The van der Waals surface area contributed by atoms with Crippen LogP contribution in [0.3, 0.4) is 0 Å². The van der Waals surface area contributed by atoms with Crippen molar-refractivity contribution in [3.63, 3.8) is 0 Å². The van der Waals surface area contributed by atoms with Gasteiger partial charge in [0.05, 0.1) is 12.2 Å². The summed E-state index contributed by atoms with van der Waals surface area (Å²) in [7, 11) is 0. The molecule has 0 aromatic carbocycles. The highest BCUT2D eigenvalue weighted by molar-refractivity contribution is 4.93. The Morgan fingerprint density at radius 2 is 1.44 bits per heavy atom. The molecule has 2 rings (SSSR count). The SMILES string of the molecule is CC1CC2O[C@@H]2CC1C. The smallest absolute Gasteiger partial charge is 0.0844 e. The van der Waals surface area contributed by atoms with Crippen molar-refractivity contribution in [2.45, 2.75) is 38.9 Å². The minimum Gasteiger partial charge on any atom is -0.370 e. The molecule has 1 heterocycles. The predicted molar refractivity (Wildman–Crippen MR) is 36.2 cm³/mol. The van der Waals surface area contributed by atoms with E-state index in [9.17, 15) is 0 Å². The van der Waals surface area contributed by atoms with Crippen molar-refractivity contribution in [2.24, 2.45) is 11.8 Å². The van der Waals surface area contributed by atoms with E-state index in [2.05, 4.69) is 13.8 Å². The molecule has 1 heteroatoms. The van der Waals surface area contributed by atoms with E-state index in [-0.39, 0.29) is 0 Å². The molecule has 0 aromatic rings. The molecule has 1 saturated carbocycles. The highest BCUT2D eigenvalue weighted by Gasteiger charge is 2.45. The van der Waals surface area contributed by atoms with E-state index in [0.29, 0.717) is 12.2 Å². The topological polar surface area (TPSA) is 12.5 Å². The average Bonchev–Trinajstić information content (AvgIpc) is 2.46. The lowest BCUT2D eigenvalue weighted by molar-refractivity contribution is 0.309. The van der Waals surface area contributed by atoms with Crippen LogP contribution in [0.1, 0.15) is 26.7 Å². The lowest BCUT2D eigenvalue weighted by Crippen LogP contribution is -2.19. The van der Waals surface area contributed by atoms with Crippen LogP contribution in [-0.2, 0) is 4.74 Å². The molecule has 9 heavy (non-hydrogen) atoms. The van der Waals surface area contributed by atoms with Crippen LogP contribution >= 0.6 is 0 Å². The molecule has 1 aliphatic carbocycles. The summed E-state index contributed by atoms with van der Waals surface area (Å²) in [4.78, 5) is 0. The largest absolute Gasteiger partial charge is 0.370 e. The van der Waals surface area contributed by atoms with Gasteiger partial charge in [-0.3, -0.25) is 0 Å². The van der Waals surface area contributed by atoms with Crippen molar-refractivity contribution >= 4 is 0 Å². The molecule has 2 fully saturated rings. The van der Waals surface area contributed by atoms with E-state index in [1.54, 1.807) is 0 Å². The second kappa shape index (κ2) is 1.72. The van der Waals surface area contributed by atoms with E-state index >= 15 is 0 Å². The van der Waals surface area contributed by atoms with Gasteiger partial charge in [0, 0.05) is 0 Å². The monoisotopic (exact) mass is 126 g/mol. The Kier molecular flexibility index (Phi) is 1.10. The molecule has 0 radical (unpaired) electrons. The first kappa shape index (κ1) is 5.72. The minimum absolute atomic E-state index is 0.663. The summed E-state index contributed by atoms with van der Waals surface area (Å²) in [6.07, 6.45) is 3.95. The zero-order valence-corrected chi connectivity index (χ0v) is 6.13. The third-order valence-electron chi connectivity index (χ3n) is 2.87. The maximum Gasteiger partial charge on any atom is 0.0844 e. The molecule has 1 aliphatic heterocycles. The lowest BCUT2D eigenvalue weighted by atomic mass is 9.82. The van der Waals surface area contributed by atoms with Gasteiger partial charge in [0.2, 0.25) is 0 Å². The summed E-state index contributed by atoms with van der Waals surface area (Å²) in [5.74, 6) is 1.79. The van der Waals surface area contributed by atoms with Crippen molar-refractivity contribution in [1.29, 1.82) is 0 Å². The lowest BCUT2D eigenvalue weighted by Gasteiger charge is -2.21. The number of rotatable bonds is 0. The third-order valence-corrected chi connectivity index (χ3v) is 2.87. The van der Waals surface area contributed by atoms with E-state index < -0.39 is 0 Å². The Bertz CT molecular complexity index is 108. The number of hydrogen-bond acceptors (Lipinski definition) is 1. The van der Waals surface area contributed by atoms with Crippen molar-refractivity contribution in [1.82, 2.24) is 0 Å². The van der Waals surface area contributed by atoms with Crippen molar-refractivity contribution in [3.8, 4) is 0 Å². The van der Waals surface area contributed by atoms with Gasteiger partial charge in [-0.05, 0) is 24.7 Å². The Morgan fingerprint density at radius 1 is 1.00 bits per heavy atom. The first-order valence-corrected chi connectivity index (χ1v) is 3.93. The minimum atomic E-state index is 0.663. The standard InChI is InChI=1S/C8H14O/c1-5-3-7-8(9-7)4-6(5)2/h5-8H,3-4H2,1-2H3/t5?,6?,7-,8?/m1/s1. The van der Waals surface area contributed by atoms with Gasteiger partial charge in [-0.2, -0.15) is 0 Å². The van der Waals surface area contributed by atoms with Crippen LogP contribution in [0.2, 0.25) is 0 Å². The fourth-order valence-corrected chi connectivity index (χ4v) is 1.79. The Balaban J connectivity index is 1.98. The molecule has 0 N–H and O–H groups in total. The third kappa shape index (κ3) is 0.877. The summed E-state index contributed by atoms with van der Waals surface area (Å²) in [6, 6.07) is 0. The molecule has 0 spiro atoms. The first-order valence-electron chi connectivity index (χ1n) is 3.93. The molecule has 4 atom stereocenters. The maximum atomic E-state index is 5.42. The Hall–Kier alpha value is -0.0400. The molecule has 0 amide bonds. The number of epoxide rings is 1. The normalized spacial score (nSPS) is 56.7. The second-order valence-electron chi connectivity index (χ2n) is 3.64. The molecule has 0 bridgehead atoms. The number of fused-ring (bicyclic) bond motifs is 1. The highest BCUT2D eigenvalue weighted by Crippen LogP contribution is 2.42. The zero-order chi connectivity index (χ0) is 6.43. The van der Waals surface area contributed by atoms with Crippen LogP contribution in [0.5, 0.6) is 0 Å². The molecule has 52 valence electrons. The summed E-state index contributed by atoms with van der Waals surface area (Å²) >= 11 is 0. The highest BCUT2D eigenvalue weighted by atomic mass is 16.6. The van der Waals surface area contributed by atoms with E-state index in [1.807, 2.05) is 0 Å². The van der Waals surface area contributed by atoms with Crippen LogP contribution in [0.25, 0.3) is 0 Å². The van der Waals surface area contributed by atoms with Crippen LogP contribution in [0, 0.1) is 11.8 Å². The van der Waals surface area contributed by atoms with Crippen molar-refractivity contribution in [2.75, 3.05) is 0 Å². The van der Waals surface area contributed by atoms with Gasteiger partial charge in [0.1, 0.15) is 0 Å². The summed E-state index contributed by atoms with van der Waals surface area (Å²) in [5, 5.41) is 0. The molecule has 3 unspecified atom stereocenters. The first-order chi connectivity index (χ1) is 4.27. The fraction of sp³-hybridized carbons (Fsp3) is 1.00. The number of hydrogen-bond donors (Lipinski definition) is 0. The Labute approximate surface area is 56.4 Å². The van der Waals surface area contributed by atoms with Crippen LogP contribution in [0.15, 0.2) is 0 Å². The zero-order valence-electron chi connectivity index (χ0n) is 6.13. The summed E-state index contributed by atoms with van der Waals surface area (Å²) < 4.78 is 5.42. The summed E-state index contributed by atoms with van der Waals surface area (Å²) in [5.41, 5.74) is 0. The van der Waals surface area contributed by atoms with Crippen molar-refractivity contribution < 1.29 is 4.74 Å². The summed E-state index contributed by atoms with van der Waals surface area (Å²) in [6.45, 7) is 4.67. The quantitative estimate of drug-likeness (QED) is 0.451. The molecular weight excluding hydrogens is 112 g/mol. The molecule has 0 aromatic heterocycles. The van der Waals surface area contributed by atoms with Gasteiger partial charge in [0.15, 0.2) is 0 Å². The van der Waals surface area contributed by atoms with Gasteiger partial charge in [-0.25, -0.2) is 0 Å². The van der Waals surface area contributed by atoms with Crippen LogP contribution < -0.4 is 0 Å². The molecule has 1 saturated heterocycles. The Morgan fingerprint density at radius 3 is 1.89 bits per heavy atom. The van der Waals surface area contributed by atoms with Gasteiger partial charge < -0.3 is 4.74 Å². The molecule has 1 nitrogen and oxygen atoms in total. The van der Waals surface area contributed by atoms with E-state index in [0.717, 1.165) is 11.8 Å². The van der Waals surface area contributed by atoms with Crippen molar-refractivity contribution in [3.05, 3.63) is 0 Å². The van der Waals surface area contributed by atoms with Gasteiger partial charge >= 0.3 is 0 Å². The van der Waals surface area contributed by atoms with Gasteiger partial charge in [0.25, 0.3) is 0 Å². The molecular formula is C8H14O. The van der Waals surface area contributed by atoms with Gasteiger partial charge in [-0.1, -0.05) is 13.8 Å². The average molecular weight is 126 g/mol. The van der Waals surface area contributed by atoms with Crippen LogP contribution in [-0.4, -0.2) is 12.2 Å². The number of ether oxygens (including phenoxy) is 1. The maximum absolute atomic E-state index is 5.42. The van der Waals surface area contributed by atoms with E-state index in [1.165, 1.54) is 12.8 Å². The van der Waals surface area contributed by atoms with Gasteiger partial charge in [-0.15, -0.1) is 0 Å². The van der Waals surface area contributed by atoms with Crippen LogP contribution in [0.4, 0.5) is 0 Å². The predicted octanol–water partition coefficient (Wildman–Crippen LogP) is 1.82.